The van der Waals surface area contributed by atoms with Gasteiger partial charge in [0.25, 0.3) is 0 Å². The molecule has 1 N–H and O–H groups in total. The van der Waals surface area contributed by atoms with Gasteiger partial charge in [0, 0.05) is 30.9 Å². The van der Waals surface area contributed by atoms with Gasteiger partial charge in [-0.15, -0.1) is 0 Å². The first kappa shape index (κ1) is 13.0. The zero-order chi connectivity index (χ0) is 14.1. The van der Waals surface area contributed by atoms with E-state index < -0.39 is 0 Å². The number of hydrogen-bond acceptors (Lipinski definition) is 2. The van der Waals surface area contributed by atoms with Crippen LogP contribution in [0.1, 0.15) is 36.3 Å². The van der Waals surface area contributed by atoms with Crippen LogP contribution in [0.2, 0.25) is 0 Å². The highest BCUT2D eigenvalue weighted by atomic mass is 15.0. The Kier molecular flexibility index (Phi) is 3.48. The largest absolute Gasteiger partial charge is 0.309 e. The van der Waals surface area contributed by atoms with Crippen molar-refractivity contribution >= 4 is 0 Å². The van der Waals surface area contributed by atoms with Crippen molar-refractivity contribution in [2.24, 2.45) is 11.8 Å². The van der Waals surface area contributed by atoms with Crippen molar-refractivity contribution in [1.29, 1.82) is 0 Å². The van der Waals surface area contributed by atoms with Crippen LogP contribution in [0.15, 0.2) is 54.9 Å². The third-order valence-electron chi connectivity index (χ3n) is 5.38. The summed E-state index contributed by atoms with van der Waals surface area (Å²) in [6, 6.07) is 15.9. The highest BCUT2D eigenvalue weighted by molar-refractivity contribution is 5.28. The monoisotopic (exact) mass is 278 g/mol. The Hall–Kier alpha value is -1.67. The van der Waals surface area contributed by atoms with Crippen molar-refractivity contribution < 1.29 is 0 Å². The number of nitrogens with one attached hydrogen (secondary N) is 1. The maximum atomic E-state index is 4.21. The molecule has 2 aliphatic rings. The zero-order valence-corrected chi connectivity index (χ0v) is 12.3. The van der Waals surface area contributed by atoms with E-state index in [0.29, 0.717) is 12.0 Å². The minimum absolute atomic E-state index is 0.639. The Balaban J connectivity index is 1.50. The van der Waals surface area contributed by atoms with Crippen molar-refractivity contribution in [2.75, 3.05) is 0 Å². The van der Waals surface area contributed by atoms with Gasteiger partial charge in [0.2, 0.25) is 0 Å². The molecule has 1 aromatic heterocycles. The molecular weight excluding hydrogens is 256 g/mol. The van der Waals surface area contributed by atoms with Gasteiger partial charge in [-0.05, 0) is 41.9 Å². The number of fused-ring (bicyclic) bond motifs is 1. The van der Waals surface area contributed by atoms with Gasteiger partial charge in [-0.1, -0.05) is 42.8 Å². The van der Waals surface area contributed by atoms with Gasteiger partial charge in [0.05, 0.1) is 0 Å². The Morgan fingerprint density at radius 2 is 1.86 bits per heavy atom. The molecule has 2 saturated carbocycles. The van der Waals surface area contributed by atoms with Crippen molar-refractivity contribution in [3.05, 3.63) is 66.0 Å². The summed E-state index contributed by atoms with van der Waals surface area (Å²) in [6.45, 7) is 0.936. The molecule has 0 saturated heterocycles. The lowest BCUT2D eigenvalue weighted by atomic mass is 9.60. The molecule has 2 unspecified atom stereocenters. The average Bonchev–Trinajstić information content (AvgIpc) is 2.94. The van der Waals surface area contributed by atoms with Gasteiger partial charge in [-0.2, -0.15) is 0 Å². The molecule has 0 spiro atoms. The molecule has 0 amide bonds. The molecule has 2 heteroatoms. The topological polar surface area (TPSA) is 24.9 Å². The maximum absolute atomic E-state index is 4.21. The summed E-state index contributed by atoms with van der Waals surface area (Å²) in [4.78, 5) is 4.21. The predicted octanol–water partition coefficient (Wildman–Crippen LogP) is 3.75. The van der Waals surface area contributed by atoms with E-state index in [0.717, 1.165) is 18.4 Å². The Morgan fingerprint density at radius 3 is 2.67 bits per heavy atom. The lowest BCUT2D eigenvalue weighted by molar-refractivity contribution is 0.0940. The molecule has 4 atom stereocenters. The van der Waals surface area contributed by atoms with E-state index in [2.05, 4.69) is 46.7 Å². The summed E-state index contributed by atoms with van der Waals surface area (Å²) >= 11 is 0. The first-order valence-corrected chi connectivity index (χ1v) is 8.11. The fraction of sp³-hybridized carbons (Fsp3) is 0.421. The summed E-state index contributed by atoms with van der Waals surface area (Å²) < 4.78 is 0. The number of hydrogen-bond donors (Lipinski definition) is 1. The molecular formula is C19H22N2. The van der Waals surface area contributed by atoms with Crippen LogP contribution < -0.4 is 5.32 Å². The van der Waals surface area contributed by atoms with E-state index >= 15 is 0 Å². The lowest BCUT2D eigenvalue weighted by Crippen LogP contribution is -2.54. The first-order valence-electron chi connectivity index (χ1n) is 8.11. The maximum Gasteiger partial charge on any atom is 0.0312 e. The molecule has 1 heterocycles. The molecule has 0 aliphatic heterocycles. The highest BCUT2D eigenvalue weighted by Gasteiger charge is 2.52. The van der Waals surface area contributed by atoms with E-state index in [9.17, 15) is 0 Å². The summed E-state index contributed by atoms with van der Waals surface area (Å²) in [5, 5.41) is 3.82. The van der Waals surface area contributed by atoms with Gasteiger partial charge >= 0.3 is 0 Å². The molecule has 2 fully saturated rings. The SMILES string of the molecule is c1ccc([C@@H]2C3CCCC3[C@H]2NCc2cccnc2)cc1. The van der Waals surface area contributed by atoms with Gasteiger partial charge in [0.1, 0.15) is 0 Å². The van der Waals surface area contributed by atoms with Crippen LogP contribution in [-0.4, -0.2) is 11.0 Å². The molecule has 2 aromatic rings. The fourth-order valence-corrected chi connectivity index (χ4v) is 4.44. The highest BCUT2D eigenvalue weighted by Crippen LogP contribution is 2.55. The molecule has 21 heavy (non-hydrogen) atoms. The number of rotatable bonds is 4. The average molecular weight is 278 g/mol. The fourth-order valence-electron chi connectivity index (χ4n) is 4.44. The zero-order valence-electron chi connectivity index (χ0n) is 12.3. The standard InChI is InChI=1S/C19H22N2/c1-2-7-15(8-3-1)18-16-9-4-10-17(16)19(18)21-13-14-6-5-11-20-12-14/h1-3,5-8,11-12,16-19,21H,4,9-10,13H2/t16?,17?,18-,19-/m1/s1. The summed E-state index contributed by atoms with van der Waals surface area (Å²) in [5.41, 5.74) is 2.80. The first-order chi connectivity index (χ1) is 10.4. The van der Waals surface area contributed by atoms with Gasteiger partial charge in [-0.3, -0.25) is 4.98 Å². The second-order valence-electron chi connectivity index (χ2n) is 6.46. The normalized spacial score (nSPS) is 30.7. The van der Waals surface area contributed by atoms with Gasteiger partial charge < -0.3 is 5.32 Å². The predicted molar refractivity (Wildman–Crippen MR) is 84.9 cm³/mol. The molecule has 108 valence electrons. The van der Waals surface area contributed by atoms with E-state index in [1.807, 2.05) is 18.5 Å². The quantitative estimate of drug-likeness (QED) is 0.921. The van der Waals surface area contributed by atoms with Crippen LogP contribution in [0, 0.1) is 11.8 Å². The van der Waals surface area contributed by atoms with E-state index in [1.165, 1.54) is 30.4 Å². The third kappa shape index (κ3) is 2.38. The summed E-state index contributed by atoms with van der Waals surface area (Å²) in [6.07, 6.45) is 8.03. The van der Waals surface area contributed by atoms with Gasteiger partial charge in [0.15, 0.2) is 0 Å². The molecule has 1 aromatic carbocycles. The van der Waals surface area contributed by atoms with Crippen LogP contribution in [0.5, 0.6) is 0 Å². The number of benzene rings is 1. The molecule has 2 nitrogen and oxygen atoms in total. The van der Waals surface area contributed by atoms with E-state index in [-0.39, 0.29) is 0 Å². The molecule has 0 bridgehead atoms. The molecule has 2 aliphatic carbocycles. The molecule has 0 radical (unpaired) electrons. The van der Waals surface area contributed by atoms with Crippen LogP contribution >= 0.6 is 0 Å². The van der Waals surface area contributed by atoms with E-state index in [4.69, 9.17) is 0 Å². The van der Waals surface area contributed by atoms with Crippen molar-refractivity contribution in [2.45, 2.75) is 37.8 Å². The Bertz CT molecular complexity index is 581. The van der Waals surface area contributed by atoms with Crippen molar-refractivity contribution in [3.8, 4) is 0 Å². The minimum Gasteiger partial charge on any atom is -0.309 e. The third-order valence-corrected chi connectivity index (χ3v) is 5.38. The second-order valence-corrected chi connectivity index (χ2v) is 6.46. The van der Waals surface area contributed by atoms with E-state index in [1.54, 1.807) is 0 Å². The number of nitrogens with zero attached hydrogens (tertiary/aromatic N) is 1. The lowest BCUT2D eigenvalue weighted by Gasteiger charge is -2.50. The van der Waals surface area contributed by atoms with Crippen molar-refractivity contribution in [3.63, 3.8) is 0 Å². The minimum atomic E-state index is 0.639. The number of aromatic nitrogens is 1. The van der Waals surface area contributed by atoms with Crippen LogP contribution in [0.3, 0.4) is 0 Å². The smallest absolute Gasteiger partial charge is 0.0312 e. The second kappa shape index (κ2) is 5.61. The Morgan fingerprint density at radius 1 is 1.00 bits per heavy atom. The summed E-state index contributed by atoms with van der Waals surface area (Å²) in [7, 11) is 0. The van der Waals surface area contributed by atoms with Crippen LogP contribution in [0.25, 0.3) is 0 Å². The van der Waals surface area contributed by atoms with Crippen molar-refractivity contribution in [1.82, 2.24) is 10.3 Å². The molecule has 4 rings (SSSR count). The Labute approximate surface area is 126 Å². The summed E-state index contributed by atoms with van der Waals surface area (Å²) in [5.74, 6) is 2.49. The van der Waals surface area contributed by atoms with Crippen LogP contribution in [0.4, 0.5) is 0 Å². The van der Waals surface area contributed by atoms with Crippen LogP contribution in [-0.2, 0) is 6.54 Å². The number of pyridine rings is 1. The van der Waals surface area contributed by atoms with Gasteiger partial charge in [-0.25, -0.2) is 0 Å².